The summed E-state index contributed by atoms with van der Waals surface area (Å²) < 4.78 is 27.1. The van der Waals surface area contributed by atoms with Gasteiger partial charge in [-0.15, -0.1) is 0 Å². The van der Waals surface area contributed by atoms with Gasteiger partial charge in [-0.2, -0.15) is 0 Å². The Morgan fingerprint density at radius 2 is 1.29 bits per heavy atom. The lowest BCUT2D eigenvalue weighted by Gasteiger charge is -2.29. The molecule has 2 saturated carbocycles. The summed E-state index contributed by atoms with van der Waals surface area (Å²) in [6, 6.07) is 13.5. The highest BCUT2D eigenvalue weighted by Crippen LogP contribution is 2.55. The summed E-state index contributed by atoms with van der Waals surface area (Å²) >= 11 is 0. The summed E-state index contributed by atoms with van der Waals surface area (Å²) in [5.74, 6) is 1.86. The number of aromatic amines is 2. The molecule has 2 saturated heterocycles. The van der Waals surface area contributed by atoms with Crippen molar-refractivity contribution in [2.75, 3.05) is 0 Å². The molecule has 10 nitrogen and oxygen atoms in total. The number of carbonyl (C=O) groups is 2. The third kappa shape index (κ3) is 5.20. The van der Waals surface area contributed by atoms with E-state index in [-0.39, 0.29) is 41.9 Å². The summed E-state index contributed by atoms with van der Waals surface area (Å²) in [6.07, 6.45) is 3.00. The average molecular weight is 665 g/mol. The number of amides is 2. The second-order valence-electron chi connectivity index (χ2n) is 16.4. The Labute approximate surface area is 283 Å². The largest absolute Gasteiger partial charge is 0.444 e. The van der Waals surface area contributed by atoms with Crippen LogP contribution >= 0.6 is 0 Å². The number of nitrogens with one attached hydrogen (secondary N) is 2. The van der Waals surface area contributed by atoms with E-state index in [2.05, 4.69) is 15.0 Å². The van der Waals surface area contributed by atoms with E-state index in [4.69, 9.17) is 14.5 Å². The summed E-state index contributed by atoms with van der Waals surface area (Å²) in [6.45, 7) is 11.2. The van der Waals surface area contributed by atoms with Crippen LogP contribution in [0.25, 0.3) is 44.0 Å². The van der Waals surface area contributed by atoms with Crippen molar-refractivity contribution in [1.29, 1.82) is 0 Å². The van der Waals surface area contributed by atoms with Gasteiger partial charge in [0, 0.05) is 17.5 Å². The van der Waals surface area contributed by atoms with Gasteiger partial charge < -0.3 is 19.4 Å². The molecule has 0 radical (unpaired) electrons. The predicted octanol–water partition coefficient (Wildman–Crippen LogP) is 8.54. The van der Waals surface area contributed by atoms with Gasteiger partial charge in [0.1, 0.15) is 28.4 Å². The molecule has 4 heterocycles. The fourth-order valence-corrected chi connectivity index (χ4v) is 8.13. The number of rotatable bonds is 3. The number of benzene rings is 3. The Morgan fingerprint density at radius 3 is 1.88 bits per heavy atom. The van der Waals surface area contributed by atoms with E-state index >= 15 is 4.39 Å². The van der Waals surface area contributed by atoms with E-state index in [1.165, 1.54) is 6.07 Å². The van der Waals surface area contributed by atoms with E-state index < -0.39 is 17.0 Å². The number of hydrogen-bond donors (Lipinski definition) is 2. The fourth-order valence-electron chi connectivity index (χ4n) is 8.13. The summed E-state index contributed by atoms with van der Waals surface area (Å²) in [5, 5.41) is 1.95. The van der Waals surface area contributed by atoms with Crippen molar-refractivity contribution < 1.29 is 23.5 Å². The van der Waals surface area contributed by atoms with Gasteiger partial charge in [-0.1, -0.05) is 18.2 Å². The number of carbonyl (C=O) groups excluding carboxylic acids is 2. The van der Waals surface area contributed by atoms with Gasteiger partial charge in [0.05, 0.1) is 28.6 Å². The van der Waals surface area contributed by atoms with Gasteiger partial charge in [-0.3, -0.25) is 9.80 Å². The molecule has 6 atom stereocenters. The van der Waals surface area contributed by atoms with Crippen molar-refractivity contribution in [1.82, 2.24) is 29.7 Å². The molecule has 0 spiro atoms. The minimum absolute atomic E-state index is 0.149. The second kappa shape index (κ2) is 10.2. The van der Waals surface area contributed by atoms with E-state index in [9.17, 15) is 9.59 Å². The number of imidazole rings is 2. The van der Waals surface area contributed by atoms with Crippen LogP contribution in [0.1, 0.15) is 91.0 Å². The van der Waals surface area contributed by atoms with Crippen LogP contribution in [0.4, 0.5) is 14.0 Å². The first-order valence-electron chi connectivity index (χ1n) is 17.4. The molecule has 2 amide bonds. The van der Waals surface area contributed by atoms with Crippen LogP contribution in [-0.2, 0) is 9.47 Å². The van der Waals surface area contributed by atoms with Crippen LogP contribution in [0.3, 0.4) is 0 Å². The molecule has 4 aliphatic rings. The lowest BCUT2D eigenvalue weighted by molar-refractivity contribution is 0.0164. The monoisotopic (exact) mass is 664 g/mol. The summed E-state index contributed by atoms with van der Waals surface area (Å²) in [5.41, 5.74) is 3.02. The van der Waals surface area contributed by atoms with Crippen LogP contribution < -0.4 is 0 Å². The van der Waals surface area contributed by atoms with Crippen LogP contribution in [0.5, 0.6) is 0 Å². The Bertz CT molecular complexity index is 2190. The lowest BCUT2D eigenvalue weighted by atomic mass is 10.00. The van der Waals surface area contributed by atoms with Crippen molar-refractivity contribution in [3.8, 4) is 11.1 Å². The minimum Gasteiger partial charge on any atom is -0.444 e. The maximum Gasteiger partial charge on any atom is 0.411 e. The number of ether oxygens (including phenoxy) is 2. The number of fused-ring (bicyclic) bond motifs is 6. The zero-order valence-electron chi connectivity index (χ0n) is 28.6. The van der Waals surface area contributed by atoms with Gasteiger partial charge in [0.2, 0.25) is 0 Å². The fraction of sp³-hybridized carbons (Fsp3) is 0.474. The Kier molecular flexibility index (Phi) is 6.31. The smallest absolute Gasteiger partial charge is 0.411 e. The molecule has 0 bridgehead atoms. The molecule has 11 heteroatoms. The molecule has 3 aromatic carbocycles. The average Bonchev–Trinajstić information content (AvgIpc) is 3.66. The predicted molar refractivity (Wildman–Crippen MR) is 183 cm³/mol. The van der Waals surface area contributed by atoms with Crippen molar-refractivity contribution in [3.05, 3.63) is 59.9 Å². The maximum atomic E-state index is 15.6. The SMILES string of the molecule is CC(C)(C)OC(=O)N1[C@@H]2C[C@@H]2C[C@H]1c1nc2c(F)cc(-c3ccc4c(ccc5[nH]c([C@@H]6C[C@H]7C[C@H]7N6C(=O)OC(C)(C)C)nc54)c3)cc2[nH]1. The van der Waals surface area contributed by atoms with Gasteiger partial charge >= 0.3 is 12.2 Å². The molecule has 49 heavy (non-hydrogen) atoms. The molecule has 2 aromatic heterocycles. The summed E-state index contributed by atoms with van der Waals surface area (Å²) in [7, 11) is 0. The number of aromatic nitrogens is 4. The number of hydrogen-bond acceptors (Lipinski definition) is 6. The molecule has 0 unspecified atom stereocenters. The number of piperidine rings is 2. The number of halogens is 1. The lowest BCUT2D eigenvalue weighted by Crippen LogP contribution is -2.38. The van der Waals surface area contributed by atoms with Crippen LogP contribution in [0.2, 0.25) is 0 Å². The van der Waals surface area contributed by atoms with E-state index in [0.717, 1.165) is 64.4 Å². The van der Waals surface area contributed by atoms with E-state index in [1.54, 1.807) is 4.90 Å². The topological polar surface area (TPSA) is 116 Å². The molecule has 9 rings (SSSR count). The van der Waals surface area contributed by atoms with E-state index in [1.807, 2.05) is 82.8 Å². The van der Waals surface area contributed by atoms with Gasteiger partial charge in [-0.05, 0) is 120 Å². The van der Waals surface area contributed by atoms with Crippen LogP contribution in [-0.4, -0.2) is 65.2 Å². The van der Waals surface area contributed by atoms with Crippen molar-refractivity contribution in [3.63, 3.8) is 0 Å². The van der Waals surface area contributed by atoms with Crippen LogP contribution in [0, 0.1) is 17.7 Å². The van der Waals surface area contributed by atoms with Crippen molar-refractivity contribution in [2.24, 2.45) is 11.8 Å². The molecular weight excluding hydrogens is 623 g/mol. The number of H-pyrrole nitrogens is 2. The molecule has 254 valence electrons. The Morgan fingerprint density at radius 1 is 0.714 bits per heavy atom. The maximum absolute atomic E-state index is 15.6. The first-order valence-corrected chi connectivity index (χ1v) is 17.4. The highest BCUT2D eigenvalue weighted by atomic mass is 19.1. The van der Waals surface area contributed by atoms with Crippen molar-refractivity contribution in [2.45, 2.75) is 103 Å². The standard InChI is InChI=1S/C38H41FN6O4/c1-37(2,3)48-35(46)44-27-14-21(27)16-29(44)33-40-25-10-8-19-11-18(7-9-23(19)31(25)42-33)20-12-24(39)32-26(13-20)41-34(43-32)30-17-22-15-28(22)45(30)36(47)49-38(4,5)6/h7-13,21-22,27-30H,14-17H2,1-6H3,(H,40,42)(H,41,43)/t21-,22-,27-,28-,29+,30+/m1/s1. The molecule has 2 aliphatic heterocycles. The highest BCUT2D eigenvalue weighted by Gasteiger charge is 2.57. The first kappa shape index (κ1) is 30.4. The Balaban J connectivity index is 1.01. The van der Waals surface area contributed by atoms with Gasteiger partial charge in [0.15, 0.2) is 5.82 Å². The first-order chi connectivity index (χ1) is 23.2. The second-order valence-corrected chi connectivity index (χ2v) is 16.4. The zero-order chi connectivity index (χ0) is 34.1. The van der Waals surface area contributed by atoms with Gasteiger partial charge in [-0.25, -0.2) is 23.9 Å². The number of nitrogens with zero attached hydrogens (tertiary/aromatic N) is 4. The van der Waals surface area contributed by atoms with E-state index in [0.29, 0.717) is 23.2 Å². The molecule has 4 fully saturated rings. The minimum atomic E-state index is -0.603. The molecule has 2 aliphatic carbocycles. The number of likely N-dealkylation sites (tertiary alicyclic amines) is 2. The molecule has 5 aromatic rings. The van der Waals surface area contributed by atoms with Crippen molar-refractivity contribution >= 4 is 45.0 Å². The van der Waals surface area contributed by atoms with Crippen LogP contribution in [0.15, 0.2) is 42.5 Å². The third-order valence-electron chi connectivity index (χ3n) is 10.4. The molecule has 2 N–H and O–H groups in total. The zero-order valence-corrected chi connectivity index (χ0v) is 28.6. The molecular formula is C38H41FN6O4. The quantitative estimate of drug-likeness (QED) is 0.200. The summed E-state index contributed by atoms with van der Waals surface area (Å²) in [4.78, 5) is 46.5. The highest BCUT2D eigenvalue weighted by molar-refractivity contribution is 6.05. The van der Waals surface area contributed by atoms with Gasteiger partial charge in [0.25, 0.3) is 0 Å². The third-order valence-corrected chi connectivity index (χ3v) is 10.4. The Hall–Kier alpha value is -4.67. The normalized spacial score (nSPS) is 26.0.